The zero-order valence-electron chi connectivity index (χ0n) is 11.8. The number of ether oxygens (including phenoxy) is 1. The normalized spacial score (nSPS) is 21.1. The van der Waals surface area contributed by atoms with Gasteiger partial charge in [0.25, 0.3) is 0 Å². The van der Waals surface area contributed by atoms with Crippen molar-refractivity contribution in [2.24, 2.45) is 5.41 Å². The molecular weight excluding hydrogens is 232 g/mol. The van der Waals surface area contributed by atoms with Crippen molar-refractivity contribution in [3.8, 4) is 0 Å². The van der Waals surface area contributed by atoms with Crippen molar-refractivity contribution in [3.63, 3.8) is 0 Å². The van der Waals surface area contributed by atoms with E-state index in [1.165, 1.54) is 0 Å². The third kappa shape index (κ3) is 3.70. The van der Waals surface area contributed by atoms with E-state index in [9.17, 15) is 9.59 Å². The summed E-state index contributed by atoms with van der Waals surface area (Å²) in [6, 6.07) is -0.374. The number of carbonyl (C=O) groups is 2. The summed E-state index contributed by atoms with van der Waals surface area (Å²) < 4.78 is 4.99. The number of unbranched alkanes of at least 4 members (excludes halogenated alkanes) is 1. The van der Waals surface area contributed by atoms with E-state index in [4.69, 9.17) is 4.74 Å². The molecule has 104 valence electrons. The van der Waals surface area contributed by atoms with Gasteiger partial charge in [0.2, 0.25) is 11.8 Å². The number of methoxy groups -OCH3 is 1. The fraction of sp³-hybridized carbons (Fsp3) is 0.846. The van der Waals surface area contributed by atoms with Crippen LogP contribution >= 0.6 is 0 Å². The van der Waals surface area contributed by atoms with E-state index in [2.05, 4.69) is 5.32 Å². The molecule has 1 aliphatic heterocycles. The first kappa shape index (κ1) is 15.0. The molecule has 1 saturated heterocycles. The van der Waals surface area contributed by atoms with Gasteiger partial charge in [-0.3, -0.25) is 9.59 Å². The summed E-state index contributed by atoms with van der Waals surface area (Å²) in [5.74, 6) is -0.0409. The Hall–Kier alpha value is -1.10. The number of hydrogen-bond acceptors (Lipinski definition) is 3. The van der Waals surface area contributed by atoms with Crippen LogP contribution in [0.5, 0.6) is 0 Å². The Morgan fingerprint density at radius 2 is 2.00 bits per heavy atom. The summed E-state index contributed by atoms with van der Waals surface area (Å²) in [7, 11) is 1.66. The molecule has 1 fully saturated rings. The van der Waals surface area contributed by atoms with Crippen molar-refractivity contribution >= 4 is 11.8 Å². The third-order valence-electron chi connectivity index (χ3n) is 3.11. The molecule has 1 unspecified atom stereocenters. The number of amides is 2. The zero-order valence-corrected chi connectivity index (χ0v) is 11.8. The first-order valence-electron chi connectivity index (χ1n) is 6.44. The van der Waals surface area contributed by atoms with Crippen LogP contribution in [-0.2, 0) is 14.3 Å². The van der Waals surface area contributed by atoms with E-state index in [1.54, 1.807) is 12.0 Å². The molecule has 1 heterocycles. The van der Waals surface area contributed by atoms with Gasteiger partial charge >= 0.3 is 0 Å². The lowest BCUT2D eigenvalue weighted by atomic mass is 9.84. The van der Waals surface area contributed by atoms with Crippen molar-refractivity contribution in [2.75, 3.05) is 26.8 Å². The molecule has 1 aliphatic rings. The van der Waals surface area contributed by atoms with E-state index in [1.807, 2.05) is 20.8 Å². The smallest absolute Gasteiger partial charge is 0.243 e. The lowest BCUT2D eigenvalue weighted by Gasteiger charge is -2.42. The van der Waals surface area contributed by atoms with E-state index >= 15 is 0 Å². The molecule has 1 rings (SSSR count). The second kappa shape index (κ2) is 6.18. The molecule has 1 atom stereocenters. The van der Waals surface area contributed by atoms with Gasteiger partial charge in [0.15, 0.2) is 0 Å². The molecule has 0 radical (unpaired) electrons. The quantitative estimate of drug-likeness (QED) is 0.740. The Labute approximate surface area is 109 Å². The fourth-order valence-electron chi connectivity index (χ4n) is 2.29. The predicted molar refractivity (Wildman–Crippen MR) is 69.1 cm³/mol. The summed E-state index contributed by atoms with van der Waals surface area (Å²) in [5.41, 5.74) is -0.249. The van der Waals surface area contributed by atoms with E-state index < -0.39 is 0 Å². The van der Waals surface area contributed by atoms with Crippen LogP contribution in [-0.4, -0.2) is 49.6 Å². The summed E-state index contributed by atoms with van der Waals surface area (Å²) in [5, 5.41) is 2.67. The van der Waals surface area contributed by atoms with Crippen molar-refractivity contribution < 1.29 is 14.3 Å². The summed E-state index contributed by atoms with van der Waals surface area (Å²) in [6.45, 7) is 7.38. The molecule has 5 heteroatoms. The molecule has 0 aromatic carbocycles. The molecule has 18 heavy (non-hydrogen) atoms. The van der Waals surface area contributed by atoms with Crippen LogP contribution in [0.2, 0.25) is 0 Å². The Bertz CT molecular complexity index is 310. The van der Waals surface area contributed by atoms with Gasteiger partial charge in [0.1, 0.15) is 6.04 Å². The standard InChI is InChI=1S/C13H24N2O3/c1-13(2,3)11-12(17)14-9-10(16)15(11)7-5-6-8-18-4/h11H,5-9H2,1-4H3,(H,14,17). The van der Waals surface area contributed by atoms with Crippen LogP contribution in [0.1, 0.15) is 33.6 Å². The minimum absolute atomic E-state index is 0.00643. The average molecular weight is 256 g/mol. The summed E-state index contributed by atoms with van der Waals surface area (Å²) >= 11 is 0. The lowest BCUT2D eigenvalue weighted by Crippen LogP contribution is -2.62. The maximum absolute atomic E-state index is 12.0. The van der Waals surface area contributed by atoms with Crippen LogP contribution in [0.3, 0.4) is 0 Å². The van der Waals surface area contributed by atoms with Gasteiger partial charge in [0.05, 0.1) is 6.54 Å². The maximum Gasteiger partial charge on any atom is 0.243 e. The van der Waals surface area contributed by atoms with Gasteiger partial charge in [-0.1, -0.05) is 20.8 Å². The van der Waals surface area contributed by atoms with E-state index in [0.717, 1.165) is 12.8 Å². The highest BCUT2D eigenvalue weighted by molar-refractivity contribution is 5.95. The van der Waals surface area contributed by atoms with Crippen LogP contribution in [0, 0.1) is 5.41 Å². The molecule has 1 N–H and O–H groups in total. The molecule has 0 aromatic heterocycles. The Kier molecular flexibility index (Phi) is 5.14. The van der Waals surface area contributed by atoms with Gasteiger partial charge in [0, 0.05) is 20.3 Å². The topological polar surface area (TPSA) is 58.6 Å². The van der Waals surface area contributed by atoms with Gasteiger partial charge in [-0.2, -0.15) is 0 Å². The van der Waals surface area contributed by atoms with Crippen LogP contribution in [0.15, 0.2) is 0 Å². The molecule has 0 spiro atoms. The second-order valence-electron chi connectivity index (χ2n) is 5.77. The predicted octanol–water partition coefficient (Wildman–Crippen LogP) is 0.786. The SMILES string of the molecule is COCCCCN1C(=O)CNC(=O)C1C(C)(C)C. The van der Waals surface area contributed by atoms with Gasteiger partial charge in [-0.15, -0.1) is 0 Å². The third-order valence-corrected chi connectivity index (χ3v) is 3.11. The molecule has 2 amide bonds. The monoisotopic (exact) mass is 256 g/mol. The van der Waals surface area contributed by atoms with Crippen molar-refractivity contribution in [1.82, 2.24) is 10.2 Å². The summed E-state index contributed by atoms with van der Waals surface area (Å²) in [6.07, 6.45) is 1.76. The fourth-order valence-corrected chi connectivity index (χ4v) is 2.29. The van der Waals surface area contributed by atoms with Crippen molar-refractivity contribution in [3.05, 3.63) is 0 Å². The zero-order chi connectivity index (χ0) is 13.8. The van der Waals surface area contributed by atoms with Gasteiger partial charge < -0.3 is 15.0 Å². The number of nitrogens with zero attached hydrogens (tertiary/aromatic N) is 1. The molecular formula is C13H24N2O3. The van der Waals surface area contributed by atoms with Gasteiger partial charge in [-0.25, -0.2) is 0 Å². The van der Waals surface area contributed by atoms with Crippen LogP contribution < -0.4 is 5.32 Å². The Morgan fingerprint density at radius 3 is 2.56 bits per heavy atom. The molecule has 0 aromatic rings. The first-order chi connectivity index (χ1) is 8.38. The number of rotatable bonds is 5. The summed E-state index contributed by atoms with van der Waals surface area (Å²) in [4.78, 5) is 25.6. The molecule has 0 saturated carbocycles. The van der Waals surface area contributed by atoms with E-state index in [0.29, 0.717) is 13.2 Å². The molecule has 5 nitrogen and oxygen atoms in total. The largest absolute Gasteiger partial charge is 0.385 e. The van der Waals surface area contributed by atoms with Crippen LogP contribution in [0.25, 0.3) is 0 Å². The van der Waals surface area contributed by atoms with Gasteiger partial charge in [-0.05, 0) is 18.3 Å². The second-order valence-corrected chi connectivity index (χ2v) is 5.77. The van der Waals surface area contributed by atoms with Crippen molar-refractivity contribution in [2.45, 2.75) is 39.7 Å². The maximum atomic E-state index is 12.0. The van der Waals surface area contributed by atoms with E-state index in [-0.39, 0.29) is 29.8 Å². The van der Waals surface area contributed by atoms with Crippen molar-refractivity contribution in [1.29, 1.82) is 0 Å². The minimum Gasteiger partial charge on any atom is -0.385 e. The molecule has 0 aliphatic carbocycles. The lowest BCUT2D eigenvalue weighted by molar-refractivity contribution is -0.150. The number of hydrogen-bond donors (Lipinski definition) is 1. The van der Waals surface area contributed by atoms with Crippen LogP contribution in [0.4, 0.5) is 0 Å². The highest BCUT2D eigenvalue weighted by Gasteiger charge is 2.41. The number of nitrogens with one attached hydrogen (secondary N) is 1. The average Bonchev–Trinajstić information content (AvgIpc) is 2.27. The first-order valence-corrected chi connectivity index (χ1v) is 6.44. The highest BCUT2D eigenvalue weighted by Crippen LogP contribution is 2.26. The highest BCUT2D eigenvalue weighted by atomic mass is 16.5. The minimum atomic E-state index is -0.374. The Balaban J connectivity index is 2.68. The Morgan fingerprint density at radius 1 is 1.33 bits per heavy atom. The number of carbonyl (C=O) groups excluding carboxylic acids is 2. The molecule has 0 bridgehead atoms. The number of piperazine rings is 1.